The average molecular weight is 281 g/mol. The van der Waals surface area contributed by atoms with Gasteiger partial charge >= 0.3 is 12.0 Å². The van der Waals surface area contributed by atoms with Crippen molar-refractivity contribution < 1.29 is 14.7 Å². The molecule has 2 N–H and O–H groups in total. The molecule has 6 heteroatoms. The predicted molar refractivity (Wildman–Crippen MR) is 73.4 cm³/mol. The van der Waals surface area contributed by atoms with E-state index < -0.39 is 12.0 Å². The van der Waals surface area contributed by atoms with E-state index in [0.717, 1.165) is 38.9 Å². The number of fused-ring (bicyclic) bond motifs is 3. The molecule has 20 heavy (non-hydrogen) atoms. The SMILES string of the molecule is CC1CCN(C(=O)NC2CN3CCC2CC3)C1C(=O)O. The number of hydrogen-bond donors (Lipinski definition) is 2. The molecule has 3 atom stereocenters. The quantitative estimate of drug-likeness (QED) is 0.777. The topological polar surface area (TPSA) is 72.9 Å². The van der Waals surface area contributed by atoms with Gasteiger partial charge in [0.25, 0.3) is 0 Å². The second-order valence-corrected chi connectivity index (χ2v) is 6.44. The number of rotatable bonds is 2. The third-order valence-corrected chi connectivity index (χ3v) is 5.18. The Morgan fingerprint density at radius 2 is 1.85 bits per heavy atom. The van der Waals surface area contributed by atoms with Crippen molar-refractivity contribution in [2.24, 2.45) is 11.8 Å². The van der Waals surface area contributed by atoms with Gasteiger partial charge in [0.1, 0.15) is 6.04 Å². The molecule has 0 aromatic heterocycles. The zero-order valence-corrected chi connectivity index (χ0v) is 11.9. The fraction of sp³-hybridized carbons (Fsp3) is 0.857. The van der Waals surface area contributed by atoms with Crippen LogP contribution in [-0.2, 0) is 4.79 Å². The van der Waals surface area contributed by atoms with Crippen LogP contribution in [0.25, 0.3) is 0 Å². The molecule has 0 aromatic carbocycles. The van der Waals surface area contributed by atoms with Crippen LogP contribution in [-0.4, -0.2) is 65.2 Å². The number of nitrogens with one attached hydrogen (secondary N) is 1. The van der Waals surface area contributed by atoms with Gasteiger partial charge in [0.2, 0.25) is 0 Å². The highest BCUT2D eigenvalue weighted by molar-refractivity contribution is 5.83. The van der Waals surface area contributed by atoms with Crippen molar-refractivity contribution in [2.45, 2.75) is 38.3 Å². The predicted octanol–water partition coefficient (Wildman–Crippen LogP) is 0.585. The number of carbonyl (C=O) groups excluding carboxylic acids is 1. The van der Waals surface area contributed by atoms with Crippen LogP contribution in [0.3, 0.4) is 0 Å². The first-order valence-corrected chi connectivity index (χ1v) is 7.58. The number of carboxylic acid groups (broad SMARTS) is 1. The Kier molecular flexibility index (Phi) is 3.58. The van der Waals surface area contributed by atoms with Gasteiger partial charge in [-0.25, -0.2) is 9.59 Å². The molecule has 4 aliphatic rings. The summed E-state index contributed by atoms with van der Waals surface area (Å²) in [6, 6.07) is -0.674. The van der Waals surface area contributed by atoms with Crippen LogP contribution in [0, 0.1) is 11.8 Å². The van der Waals surface area contributed by atoms with E-state index >= 15 is 0 Å². The van der Waals surface area contributed by atoms with E-state index in [-0.39, 0.29) is 18.0 Å². The molecule has 4 aliphatic heterocycles. The lowest BCUT2D eigenvalue weighted by atomic mass is 9.84. The normalized spacial score (nSPS) is 39.9. The van der Waals surface area contributed by atoms with Gasteiger partial charge in [0, 0.05) is 19.1 Å². The molecule has 3 unspecified atom stereocenters. The van der Waals surface area contributed by atoms with Gasteiger partial charge in [-0.3, -0.25) is 0 Å². The molecule has 0 radical (unpaired) electrons. The Bertz CT molecular complexity index is 406. The first-order chi connectivity index (χ1) is 9.56. The van der Waals surface area contributed by atoms with Crippen LogP contribution >= 0.6 is 0 Å². The minimum Gasteiger partial charge on any atom is -0.480 e. The van der Waals surface area contributed by atoms with Gasteiger partial charge in [0.15, 0.2) is 0 Å². The number of aliphatic carboxylic acids is 1. The molecule has 6 nitrogen and oxygen atoms in total. The summed E-state index contributed by atoms with van der Waals surface area (Å²) in [5.74, 6) is -0.295. The summed E-state index contributed by atoms with van der Waals surface area (Å²) in [5, 5.41) is 12.4. The molecule has 0 saturated carbocycles. The molecule has 2 amide bonds. The van der Waals surface area contributed by atoms with E-state index in [1.807, 2.05) is 6.92 Å². The Labute approximate surface area is 119 Å². The van der Waals surface area contributed by atoms with Crippen molar-refractivity contribution in [3.8, 4) is 0 Å². The zero-order chi connectivity index (χ0) is 14.3. The Morgan fingerprint density at radius 1 is 1.15 bits per heavy atom. The maximum absolute atomic E-state index is 12.4. The molecule has 0 aromatic rings. The van der Waals surface area contributed by atoms with Gasteiger partial charge in [-0.1, -0.05) is 6.92 Å². The summed E-state index contributed by atoms with van der Waals surface area (Å²) in [6.07, 6.45) is 3.05. The molecule has 112 valence electrons. The number of carboxylic acids is 1. The molecule has 4 fully saturated rings. The Hall–Kier alpha value is -1.30. The Balaban J connectivity index is 1.63. The lowest BCUT2D eigenvalue weighted by molar-refractivity contribution is -0.142. The van der Waals surface area contributed by atoms with Crippen molar-refractivity contribution >= 4 is 12.0 Å². The van der Waals surface area contributed by atoms with E-state index in [4.69, 9.17) is 0 Å². The van der Waals surface area contributed by atoms with Crippen LogP contribution in [0.4, 0.5) is 4.79 Å². The van der Waals surface area contributed by atoms with Crippen LogP contribution in [0.15, 0.2) is 0 Å². The largest absolute Gasteiger partial charge is 0.480 e. The summed E-state index contributed by atoms with van der Waals surface area (Å²) in [7, 11) is 0. The molecule has 4 heterocycles. The number of amides is 2. The lowest BCUT2D eigenvalue weighted by Gasteiger charge is -2.45. The van der Waals surface area contributed by atoms with Crippen molar-refractivity contribution in [3.63, 3.8) is 0 Å². The van der Waals surface area contributed by atoms with E-state index in [9.17, 15) is 14.7 Å². The third-order valence-electron chi connectivity index (χ3n) is 5.18. The standard InChI is InChI=1S/C14H23N3O3/c1-9-2-7-17(12(9)13(18)19)14(20)15-11-8-16-5-3-10(11)4-6-16/h9-12H,2-8H2,1H3,(H,15,20)(H,18,19). The van der Waals surface area contributed by atoms with Crippen molar-refractivity contribution in [1.29, 1.82) is 0 Å². The average Bonchev–Trinajstić information content (AvgIpc) is 2.82. The number of hydrogen-bond acceptors (Lipinski definition) is 3. The van der Waals surface area contributed by atoms with E-state index in [0.29, 0.717) is 12.5 Å². The van der Waals surface area contributed by atoms with Crippen molar-refractivity contribution in [2.75, 3.05) is 26.2 Å². The zero-order valence-electron chi connectivity index (χ0n) is 11.9. The monoisotopic (exact) mass is 281 g/mol. The molecule has 4 rings (SSSR count). The first-order valence-electron chi connectivity index (χ1n) is 7.58. The van der Waals surface area contributed by atoms with E-state index in [1.165, 1.54) is 4.90 Å². The number of piperidine rings is 3. The molecular formula is C14H23N3O3. The fourth-order valence-corrected chi connectivity index (χ4v) is 3.92. The lowest BCUT2D eigenvalue weighted by Crippen LogP contribution is -2.60. The molecule has 0 aliphatic carbocycles. The highest BCUT2D eigenvalue weighted by atomic mass is 16.4. The van der Waals surface area contributed by atoms with Crippen molar-refractivity contribution in [1.82, 2.24) is 15.1 Å². The number of urea groups is 1. The van der Waals surface area contributed by atoms with Gasteiger partial charge in [0.05, 0.1) is 0 Å². The summed E-state index contributed by atoms with van der Waals surface area (Å²) in [4.78, 5) is 27.6. The highest BCUT2D eigenvalue weighted by Crippen LogP contribution is 2.29. The maximum Gasteiger partial charge on any atom is 0.326 e. The van der Waals surface area contributed by atoms with Gasteiger partial charge < -0.3 is 20.2 Å². The Morgan fingerprint density at radius 3 is 2.40 bits per heavy atom. The number of likely N-dealkylation sites (tertiary alicyclic amines) is 1. The summed E-state index contributed by atoms with van der Waals surface area (Å²) >= 11 is 0. The van der Waals surface area contributed by atoms with Crippen LogP contribution in [0.2, 0.25) is 0 Å². The second kappa shape index (κ2) is 5.24. The summed E-state index contributed by atoms with van der Waals surface area (Å²) in [5.41, 5.74) is 0. The fourth-order valence-electron chi connectivity index (χ4n) is 3.92. The highest BCUT2D eigenvalue weighted by Gasteiger charge is 2.41. The van der Waals surface area contributed by atoms with Crippen LogP contribution in [0.1, 0.15) is 26.2 Å². The molecular weight excluding hydrogens is 258 g/mol. The van der Waals surface area contributed by atoms with Gasteiger partial charge in [-0.15, -0.1) is 0 Å². The second-order valence-electron chi connectivity index (χ2n) is 6.44. The van der Waals surface area contributed by atoms with E-state index in [2.05, 4.69) is 10.2 Å². The minimum absolute atomic E-state index is 0.0322. The smallest absolute Gasteiger partial charge is 0.326 e. The summed E-state index contributed by atoms with van der Waals surface area (Å²) in [6.45, 7) is 5.63. The number of nitrogens with zero attached hydrogens (tertiary/aromatic N) is 2. The minimum atomic E-state index is -0.890. The van der Waals surface area contributed by atoms with Crippen LogP contribution in [0.5, 0.6) is 0 Å². The molecule has 0 spiro atoms. The summed E-state index contributed by atoms with van der Waals surface area (Å²) < 4.78 is 0. The third kappa shape index (κ3) is 2.37. The van der Waals surface area contributed by atoms with Crippen LogP contribution < -0.4 is 5.32 Å². The van der Waals surface area contributed by atoms with Crippen molar-refractivity contribution in [3.05, 3.63) is 0 Å². The van der Waals surface area contributed by atoms with Gasteiger partial charge in [-0.05, 0) is 44.2 Å². The molecule has 4 saturated heterocycles. The number of carbonyl (C=O) groups is 2. The van der Waals surface area contributed by atoms with Gasteiger partial charge in [-0.2, -0.15) is 0 Å². The molecule has 2 bridgehead atoms. The first kappa shape index (κ1) is 13.7. The van der Waals surface area contributed by atoms with E-state index in [1.54, 1.807) is 0 Å². The maximum atomic E-state index is 12.4.